The van der Waals surface area contributed by atoms with E-state index in [-0.39, 0.29) is 24.3 Å². The Morgan fingerprint density at radius 2 is 1.88 bits per heavy atom. The van der Waals surface area contributed by atoms with Crippen molar-refractivity contribution in [2.24, 2.45) is 16.5 Å². The molecular weight excluding hydrogens is 418 g/mol. The zero-order chi connectivity index (χ0) is 24.8. The van der Waals surface area contributed by atoms with Crippen molar-refractivity contribution in [1.82, 2.24) is 19.9 Å². The zero-order valence-corrected chi connectivity index (χ0v) is 20.4. The number of guanidine groups is 1. The van der Waals surface area contributed by atoms with Crippen LogP contribution >= 0.6 is 0 Å². The van der Waals surface area contributed by atoms with Gasteiger partial charge in [0, 0.05) is 36.5 Å². The molecule has 2 heterocycles. The number of aromatic amines is 1. The second-order valence-corrected chi connectivity index (χ2v) is 6.92. The molecule has 7 N–H and O–H groups in total. The number of nitrogens with zero attached hydrogens (tertiary/aromatic N) is 3. The van der Waals surface area contributed by atoms with Crippen LogP contribution in [0.5, 0.6) is 0 Å². The highest BCUT2D eigenvalue weighted by molar-refractivity contribution is 5.76. The monoisotopic (exact) mass is 457 g/mol. The van der Waals surface area contributed by atoms with E-state index in [9.17, 15) is 9.90 Å². The average Bonchev–Trinajstić information content (AvgIpc) is 3.19. The molecular formula is C24H39N7O2. The number of aromatic nitrogens is 3. The first-order valence-corrected chi connectivity index (χ1v) is 11.6. The minimum Gasteiger partial charge on any atom is -0.396 e. The summed E-state index contributed by atoms with van der Waals surface area (Å²) in [7, 11) is 0. The number of aliphatic hydroxyl groups is 1. The molecule has 0 spiro atoms. The van der Waals surface area contributed by atoms with E-state index in [0.29, 0.717) is 18.6 Å². The molecule has 0 aliphatic rings. The predicted octanol–water partition coefficient (Wildman–Crippen LogP) is 2.75. The van der Waals surface area contributed by atoms with E-state index in [4.69, 9.17) is 11.5 Å². The summed E-state index contributed by atoms with van der Waals surface area (Å²) >= 11 is 0. The lowest BCUT2D eigenvalue weighted by molar-refractivity contribution is 0.265. The summed E-state index contributed by atoms with van der Waals surface area (Å²) in [5.41, 5.74) is 13.6. The molecule has 9 heteroatoms. The molecule has 0 fully saturated rings. The largest absolute Gasteiger partial charge is 0.396 e. The fraction of sp³-hybridized carbons (Fsp3) is 0.458. The van der Waals surface area contributed by atoms with Gasteiger partial charge < -0.3 is 26.9 Å². The summed E-state index contributed by atoms with van der Waals surface area (Å²) in [5.74, 6) is 0.0882. The topological polar surface area (TPSA) is 147 Å². The molecule has 0 unspecified atom stereocenters. The summed E-state index contributed by atoms with van der Waals surface area (Å²) in [6, 6.07) is 9.63. The fourth-order valence-corrected chi connectivity index (χ4v) is 3.26. The predicted molar refractivity (Wildman–Crippen MR) is 137 cm³/mol. The highest BCUT2D eigenvalue weighted by atomic mass is 16.3. The molecule has 9 nitrogen and oxygen atoms in total. The third-order valence-corrected chi connectivity index (χ3v) is 4.65. The molecule has 3 aromatic rings. The van der Waals surface area contributed by atoms with Crippen molar-refractivity contribution >= 4 is 17.0 Å². The van der Waals surface area contributed by atoms with Crippen molar-refractivity contribution in [3.63, 3.8) is 0 Å². The molecule has 182 valence electrons. The van der Waals surface area contributed by atoms with E-state index < -0.39 is 0 Å². The number of aliphatic imine (C=N–C) groups is 1. The smallest absolute Gasteiger partial charge is 0.354 e. The summed E-state index contributed by atoms with van der Waals surface area (Å²) in [5, 5.41) is 13.7. The number of aryl methyl sites for hydroxylation is 1. The third-order valence-electron chi connectivity index (χ3n) is 4.65. The SMILES string of the molecule is CC.CC.Cc1cc2cn(-c3ccc([C@@H](CCO)NCCCN=C(N)N)cc3)c(=O)nc2[nH]1. The first kappa shape index (κ1) is 27.9. The maximum absolute atomic E-state index is 12.4. The van der Waals surface area contributed by atoms with Crippen LogP contribution in [0, 0.1) is 6.92 Å². The van der Waals surface area contributed by atoms with Gasteiger partial charge in [0.15, 0.2) is 5.96 Å². The molecule has 2 aromatic heterocycles. The van der Waals surface area contributed by atoms with Gasteiger partial charge in [-0.05, 0) is 50.1 Å². The van der Waals surface area contributed by atoms with E-state index in [0.717, 1.165) is 35.3 Å². The quantitative estimate of drug-likeness (QED) is 0.190. The molecule has 3 rings (SSSR count). The number of nitrogens with one attached hydrogen (secondary N) is 2. The van der Waals surface area contributed by atoms with Gasteiger partial charge in [-0.1, -0.05) is 39.8 Å². The Morgan fingerprint density at radius 3 is 2.48 bits per heavy atom. The molecule has 0 aliphatic heterocycles. The van der Waals surface area contributed by atoms with Gasteiger partial charge in [0.2, 0.25) is 0 Å². The highest BCUT2D eigenvalue weighted by Crippen LogP contribution is 2.19. The normalized spacial score (nSPS) is 11.1. The molecule has 0 saturated carbocycles. The third kappa shape index (κ3) is 8.36. The average molecular weight is 458 g/mol. The molecule has 0 saturated heterocycles. The van der Waals surface area contributed by atoms with Crippen molar-refractivity contribution in [3.8, 4) is 5.69 Å². The highest BCUT2D eigenvalue weighted by Gasteiger charge is 2.11. The van der Waals surface area contributed by atoms with Crippen molar-refractivity contribution in [2.75, 3.05) is 19.7 Å². The number of nitrogens with two attached hydrogens (primary N) is 2. The lowest BCUT2D eigenvalue weighted by atomic mass is 10.0. The van der Waals surface area contributed by atoms with Gasteiger partial charge in [0.1, 0.15) is 5.65 Å². The lowest BCUT2D eigenvalue weighted by Crippen LogP contribution is -2.26. The van der Waals surface area contributed by atoms with Crippen LogP contribution in [0.3, 0.4) is 0 Å². The maximum Gasteiger partial charge on any atom is 0.354 e. The summed E-state index contributed by atoms with van der Waals surface area (Å²) in [4.78, 5) is 23.5. The van der Waals surface area contributed by atoms with Crippen molar-refractivity contribution in [1.29, 1.82) is 0 Å². The van der Waals surface area contributed by atoms with Crippen LogP contribution in [0.1, 0.15) is 57.8 Å². The molecule has 33 heavy (non-hydrogen) atoms. The molecule has 0 radical (unpaired) electrons. The number of hydrogen-bond donors (Lipinski definition) is 5. The van der Waals surface area contributed by atoms with Crippen LogP contribution in [-0.4, -0.2) is 45.3 Å². The number of rotatable bonds is 9. The number of fused-ring (bicyclic) bond motifs is 1. The van der Waals surface area contributed by atoms with Crippen molar-refractivity contribution in [3.05, 3.63) is 58.3 Å². The summed E-state index contributed by atoms with van der Waals surface area (Å²) < 4.78 is 1.53. The van der Waals surface area contributed by atoms with E-state index >= 15 is 0 Å². The van der Waals surface area contributed by atoms with Crippen molar-refractivity contribution in [2.45, 2.75) is 53.5 Å². The van der Waals surface area contributed by atoms with Crippen LogP contribution < -0.4 is 22.5 Å². The second kappa shape index (κ2) is 14.8. The first-order chi connectivity index (χ1) is 16.0. The Bertz CT molecular complexity index is 1040. The maximum atomic E-state index is 12.4. The van der Waals surface area contributed by atoms with Gasteiger partial charge in [-0.25, -0.2) is 4.79 Å². The van der Waals surface area contributed by atoms with Crippen LogP contribution in [0.4, 0.5) is 0 Å². The summed E-state index contributed by atoms with van der Waals surface area (Å²) in [6.07, 6.45) is 3.16. The van der Waals surface area contributed by atoms with E-state index in [1.54, 1.807) is 6.20 Å². The van der Waals surface area contributed by atoms with Gasteiger partial charge in [-0.15, -0.1) is 0 Å². The Morgan fingerprint density at radius 1 is 1.21 bits per heavy atom. The Hall–Kier alpha value is -3.17. The minimum absolute atomic E-state index is 0.00194. The molecule has 1 atom stereocenters. The summed E-state index contributed by atoms with van der Waals surface area (Å²) in [6.45, 7) is 11.3. The fourth-order valence-electron chi connectivity index (χ4n) is 3.26. The molecule has 1 aromatic carbocycles. The van der Waals surface area contributed by atoms with Crippen molar-refractivity contribution < 1.29 is 5.11 Å². The Kier molecular flexibility index (Phi) is 12.5. The second-order valence-electron chi connectivity index (χ2n) is 6.92. The van der Waals surface area contributed by atoms with Gasteiger partial charge in [-0.3, -0.25) is 9.56 Å². The molecule has 0 amide bonds. The number of benzene rings is 1. The van der Waals surface area contributed by atoms with Gasteiger partial charge in [0.05, 0.1) is 5.69 Å². The lowest BCUT2D eigenvalue weighted by Gasteiger charge is -2.18. The first-order valence-electron chi connectivity index (χ1n) is 11.6. The Labute approximate surface area is 196 Å². The van der Waals surface area contributed by atoms with Gasteiger partial charge in [0.25, 0.3) is 0 Å². The van der Waals surface area contributed by atoms with Crippen LogP contribution in [-0.2, 0) is 0 Å². The number of H-pyrrole nitrogens is 1. The van der Waals surface area contributed by atoms with E-state index in [1.165, 1.54) is 4.57 Å². The van der Waals surface area contributed by atoms with Gasteiger partial charge >= 0.3 is 5.69 Å². The minimum atomic E-state index is -0.336. The number of aliphatic hydroxyl groups excluding tert-OH is 1. The molecule has 0 bridgehead atoms. The Balaban J connectivity index is 0.00000129. The van der Waals surface area contributed by atoms with E-state index in [1.807, 2.05) is 65.0 Å². The molecule has 0 aliphatic carbocycles. The standard InChI is InChI=1S/C20H27N7O2.2C2H6/c1-13-11-15-12-27(20(29)26-18(15)25-13)16-5-3-14(4-6-16)17(7-10-28)23-8-2-9-24-19(21)22;2*1-2/h3-6,11-12,17,23,28H,2,7-10H2,1H3,(H4,21,22,24)(H,25,26,29);2*1-2H3/t17-;;/m1../s1. The van der Waals surface area contributed by atoms with Gasteiger partial charge in [-0.2, -0.15) is 4.98 Å². The van der Waals surface area contributed by atoms with Crippen LogP contribution in [0.15, 0.2) is 46.3 Å². The van der Waals surface area contributed by atoms with E-state index in [2.05, 4.69) is 20.3 Å². The number of hydrogen-bond acceptors (Lipinski definition) is 5. The zero-order valence-electron chi connectivity index (χ0n) is 20.4. The van der Waals surface area contributed by atoms with Crippen LogP contribution in [0.2, 0.25) is 0 Å². The van der Waals surface area contributed by atoms with Crippen LogP contribution in [0.25, 0.3) is 16.7 Å².